The Balaban J connectivity index is 1.83. The van der Waals surface area contributed by atoms with Crippen LogP contribution in [0.25, 0.3) is 11.1 Å². The summed E-state index contributed by atoms with van der Waals surface area (Å²) in [5, 5.41) is 9.02. The van der Waals surface area contributed by atoms with Gasteiger partial charge in [-0.15, -0.1) is 0 Å². The number of rotatable bonds is 4. The first-order chi connectivity index (χ1) is 10.1. The van der Waals surface area contributed by atoms with E-state index in [9.17, 15) is 9.18 Å². The number of aromatic nitrogens is 1. The van der Waals surface area contributed by atoms with Crippen molar-refractivity contribution in [2.24, 2.45) is 0 Å². The van der Waals surface area contributed by atoms with Crippen molar-refractivity contribution in [3.8, 4) is 5.75 Å². The fourth-order valence-electron chi connectivity index (χ4n) is 1.92. The van der Waals surface area contributed by atoms with Crippen LogP contribution in [0.2, 0.25) is 0 Å². The second-order valence-corrected chi connectivity index (χ2v) is 4.31. The molecule has 0 saturated heterocycles. The Morgan fingerprint density at radius 2 is 2.10 bits per heavy atom. The molecule has 0 fully saturated rings. The SMILES string of the molecule is O=C(O)c1cc(F)ccc1OCc1nc2ccccc2o1. The molecule has 0 atom stereocenters. The maximum absolute atomic E-state index is 13.1. The first kappa shape index (κ1) is 13.1. The monoisotopic (exact) mass is 287 g/mol. The molecule has 1 heterocycles. The number of benzene rings is 2. The molecule has 5 nitrogen and oxygen atoms in total. The molecule has 0 aliphatic heterocycles. The highest BCUT2D eigenvalue weighted by molar-refractivity contribution is 5.90. The molecule has 106 valence electrons. The molecular formula is C15H10FNO4. The Labute approximate surface area is 118 Å². The maximum Gasteiger partial charge on any atom is 0.339 e. The van der Waals surface area contributed by atoms with Gasteiger partial charge in [0.15, 0.2) is 12.2 Å². The van der Waals surface area contributed by atoms with Crippen LogP contribution in [0.5, 0.6) is 5.75 Å². The summed E-state index contributed by atoms with van der Waals surface area (Å²) in [5.74, 6) is -1.52. The van der Waals surface area contributed by atoms with Gasteiger partial charge in [-0.05, 0) is 30.3 Å². The number of hydrogen-bond acceptors (Lipinski definition) is 4. The van der Waals surface area contributed by atoms with Crippen molar-refractivity contribution in [2.75, 3.05) is 0 Å². The largest absolute Gasteiger partial charge is 0.483 e. The lowest BCUT2D eigenvalue weighted by molar-refractivity contribution is 0.0690. The third-order valence-corrected chi connectivity index (χ3v) is 2.86. The number of para-hydroxylation sites is 2. The number of halogens is 1. The molecule has 0 spiro atoms. The van der Waals surface area contributed by atoms with Crippen molar-refractivity contribution in [3.05, 3.63) is 59.7 Å². The molecule has 1 aromatic heterocycles. The van der Waals surface area contributed by atoms with Gasteiger partial charge < -0.3 is 14.3 Å². The molecule has 3 rings (SSSR count). The van der Waals surface area contributed by atoms with Crippen LogP contribution < -0.4 is 4.74 Å². The molecule has 0 radical (unpaired) electrons. The Bertz CT molecular complexity index is 779. The van der Waals surface area contributed by atoms with Gasteiger partial charge in [-0.1, -0.05) is 12.1 Å². The number of fused-ring (bicyclic) bond motifs is 1. The highest BCUT2D eigenvalue weighted by Crippen LogP contribution is 2.22. The molecular weight excluding hydrogens is 277 g/mol. The van der Waals surface area contributed by atoms with E-state index in [2.05, 4.69) is 4.98 Å². The minimum Gasteiger partial charge on any atom is -0.483 e. The van der Waals surface area contributed by atoms with Crippen LogP contribution in [-0.4, -0.2) is 16.1 Å². The average molecular weight is 287 g/mol. The van der Waals surface area contributed by atoms with Crippen LogP contribution in [0.15, 0.2) is 46.9 Å². The van der Waals surface area contributed by atoms with Crippen LogP contribution in [0.4, 0.5) is 4.39 Å². The minimum absolute atomic E-state index is 0.0411. The Kier molecular flexibility index (Phi) is 3.27. The molecule has 0 unspecified atom stereocenters. The fraction of sp³-hybridized carbons (Fsp3) is 0.0667. The van der Waals surface area contributed by atoms with Crippen molar-refractivity contribution in [2.45, 2.75) is 6.61 Å². The normalized spacial score (nSPS) is 10.7. The molecule has 21 heavy (non-hydrogen) atoms. The zero-order valence-corrected chi connectivity index (χ0v) is 10.7. The summed E-state index contributed by atoms with van der Waals surface area (Å²) in [4.78, 5) is 15.2. The molecule has 2 aromatic carbocycles. The summed E-state index contributed by atoms with van der Waals surface area (Å²) >= 11 is 0. The zero-order valence-electron chi connectivity index (χ0n) is 10.7. The highest BCUT2D eigenvalue weighted by atomic mass is 19.1. The smallest absolute Gasteiger partial charge is 0.339 e. The van der Waals surface area contributed by atoms with Gasteiger partial charge in [0.25, 0.3) is 0 Å². The molecule has 0 bridgehead atoms. The van der Waals surface area contributed by atoms with Crippen molar-refractivity contribution in [1.82, 2.24) is 4.98 Å². The van der Waals surface area contributed by atoms with Crippen molar-refractivity contribution < 1.29 is 23.4 Å². The molecule has 3 aromatic rings. The van der Waals surface area contributed by atoms with Crippen LogP contribution in [0.1, 0.15) is 16.2 Å². The molecule has 0 aliphatic carbocycles. The summed E-state index contributed by atoms with van der Waals surface area (Å²) in [6, 6.07) is 10.5. The van der Waals surface area contributed by atoms with E-state index in [0.717, 1.165) is 12.1 Å². The van der Waals surface area contributed by atoms with E-state index in [4.69, 9.17) is 14.3 Å². The number of oxazole rings is 1. The van der Waals surface area contributed by atoms with Gasteiger partial charge in [0.1, 0.15) is 22.6 Å². The van der Waals surface area contributed by atoms with Gasteiger partial charge in [-0.2, -0.15) is 0 Å². The fourth-order valence-corrected chi connectivity index (χ4v) is 1.92. The van der Waals surface area contributed by atoms with E-state index in [1.54, 1.807) is 12.1 Å². The summed E-state index contributed by atoms with van der Waals surface area (Å²) in [5.41, 5.74) is 1.06. The summed E-state index contributed by atoms with van der Waals surface area (Å²) in [6.07, 6.45) is 0. The summed E-state index contributed by atoms with van der Waals surface area (Å²) in [6.45, 7) is -0.0411. The van der Waals surface area contributed by atoms with Crippen LogP contribution >= 0.6 is 0 Å². The number of ether oxygens (including phenoxy) is 1. The van der Waals surface area contributed by atoms with E-state index in [1.807, 2.05) is 12.1 Å². The topological polar surface area (TPSA) is 72.6 Å². The molecule has 0 amide bonds. The van der Waals surface area contributed by atoms with Gasteiger partial charge in [-0.25, -0.2) is 14.2 Å². The van der Waals surface area contributed by atoms with Crippen LogP contribution in [0.3, 0.4) is 0 Å². The maximum atomic E-state index is 13.1. The Morgan fingerprint density at radius 3 is 2.86 bits per heavy atom. The predicted octanol–water partition coefficient (Wildman–Crippen LogP) is 3.24. The number of carbonyl (C=O) groups is 1. The lowest BCUT2D eigenvalue weighted by atomic mass is 10.2. The number of hydrogen-bond donors (Lipinski definition) is 1. The third kappa shape index (κ3) is 2.69. The van der Waals surface area contributed by atoms with Gasteiger partial charge in [0, 0.05) is 0 Å². The van der Waals surface area contributed by atoms with E-state index in [1.165, 1.54) is 6.07 Å². The van der Waals surface area contributed by atoms with Crippen LogP contribution in [-0.2, 0) is 6.61 Å². The first-order valence-electron chi connectivity index (χ1n) is 6.13. The van der Waals surface area contributed by atoms with E-state index in [0.29, 0.717) is 17.0 Å². The zero-order chi connectivity index (χ0) is 14.8. The number of aromatic carboxylic acids is 1. The summed E-state index contributed by atoms with van der Waals surface area (Å²) in [7, 11) is 0. The molecule has 1 N–H and O–H groups in total. The first-order valence-corrected chi connectivity index (χ1v) is 6.13. The van der Waals surface area contributed by atoms with Gasteiger partial charge in [-0.3, -0.25) is 0 Å². The second kappa shape index (κ2) is 5.24. The standard InChI is InChI=1S/C15H10FNO4/c16-9-5-6-12(10(7-9)15(18)19)20-8-14-17-11-3-1-2-4-13(11)21-14/h1-7H,8H2,(H,18,19). The highest BCUT2D eigenvalue weighted by Gasteiger charge is 2.14. The number of nitrogens with zero attached hydrogens (tertiary/aromatic N) is 1. The quantitative estimate of drug-likeness (QED) is 0.797. The summed E-state index contributed by atoms with van der Waals surface area (Å²) < 4.78 is 23.9. The average Bonchev–Trinajstić information content (AvgIpc) is 2.88. The lowest BCUT2D eigenvalue weighted by Gasteiger charge is -2.07. The predicted molar refractivity (Wildman–Crippen MR) is 71.7 cm³/mol. The molecule has 6 heteroatoms. The van der Waals surface area contributed by atoms with E-state index in [-0.39, 0.29) is 17.9 Å². The van der Waals surface area contributed by atoms with Gasteiger partial charge >= 0.3 is 5.97 Å². The molecule has 0 aliphatic rings. The molecule has 0 saturated carbocycles. The van der Waals surface area contributed by atoms with Crippen molar-refractivity contribution in [3.63, 3.8) is 0 Å². The van der Waals surface area contributed by atoms with E-state index < -0.39 is 11.8 Å². The minimum atomic E-state index is -1.26. The van der Waals surface area contributed by atoms with Gasteiger partial charge in [0.2, 0.25) is 5.89 Å². The third-order valence-electron chi connectivity index (χ3n) is 2.86. The Morgan fingerprint density at radius 1 is 1.29 bits per heavy atom. The second-order valence-electron chi connectivity index (χ2n) is 4.31. The van der Waals surface area contributed by atoms with Gasteiger partial charge in [0.05, 0.1) is 0 Å². The Hall–Kier alpha value is -2.89. The lowest BCUT2D eigenvalue weighted by Crippen LogP contribution is -2.04. The van der Waals surface area contributed by atoms with Crippen molar-refractivity contribution in [1.29, 1.82) is 0 Å². The number of carboxylic acid groups (broad SMARTS) is 1. The van der Waals surface area contributed by atoms with E-state index >= 15 is 0 Å². The van der Waals surface area contributed by atoms with Crippen molar-refractivity contribution >= 4 is 17.1 Å². The number of carboxylic acids is 1. The van der Waals surface area contributed by atoms with Crippen LogP contribution in [0, 0.1) is 5.82 Å².